The van der Waals surface area contributed by atoms with Gasteiger partial charge in [-0.3, -0.25) is 0 Å². The Bertz CT molecular complexity index is 193. The quantitative estimate of drug-likeness (QED) is 0.754. The van der Waals surface area contributed by atoms with Crippen LogP contribution in [0.1, 0.15) is 39.5 Å². The first-order valence-electron chi connectivity index (χ1n) is 6.51. The molecule has 1 saturated carbocycles. The summed E-state index contributed by atoms with van der Waals surface area (Å²) in [5, 5.41) is 3.66. The molecular formula is C13H25NO. The summed E-state index contributed by atoms with van der Waals surface area (Å²) >= 11 is 0. The fourth-order valence-electron chi connectivity index (χ4n) is 2.81. The Kier molecular flexibility index (Phi) is 3.68. The van der Waals surface area contributed by atoms with Crippen molar-refractivity contribution >= 4 is 0 Å². The summed E-state index contributed by atoms with van der Waals surface area (Å²) in [5.41, 5.74) is 0.590. The average Bonchev–Trinajstić information content (AvgIpc) is 3.02. The maximum Gasteiger partial charge on any atom is 0.0471 e. The molecule has 0 aromatic carbocycles. The molecule has 2 nitrogen and oxygen atoms in total. The van der Waals surface area contributed by atoms with Crippen LogP contribution in [0.2, 0.25) is 0 Å². The van der Waals surface area contributed by atoms with E-state index in [1.807, 2.05) is 0 Å². The summed E-state index contributed by atoms with van der Waals surface area (Å²) in [5.74, 6) is 1.77. The second-order valence-corrected chi connectivity index (χ2v) is 5.77. The number of hydrogen-bond donors (Lipinski definition) is 1. The molecule has 1 saturated heterocycles. The van der Waals surface area contributed by atoms with Gasteiger partial charge in [0.05, 0.1) is 0 Å². The van der Waals surface area contributed by atoms with Gasteiger partial charge in [-0.05, 0) is 49.5 Å². The van der Waals surface area contributed by atoms with Gasteiger partial charge in [-0.1, -0.05) is 13.8 Å². The van der Waals surface area contributed by atoms with Crippen LogP contribution in [-0.4, -0.2) is 26.3 Å². The average molecular weight is 211 g/mol. The lowest BCUT2D eigenvalue weighted by molar-refractivity contribution is 0.00277. The fraction of sp³-hybridized carbons (Fsp3) is 1.00. The lowest BCUT2D eigenvalue weighted by Crippen LogP contribution is -2.41. The van der Waals surface area contributed by atoms with Crippen LogP contribution in [-0.2, 0) is 4.74 Å². The summed E-state index contributed by atoms with van der Waals surface area (Å²) < 4.78 is 5.50. The Morgan fingerprint density at radius 1 is 1.27 bits per heavy atom. The third-order valence-corrected chi connectivity index (χ3v) is 3.96. The van der Waals surface area contributed by atoms with Crippen molar-refractivity contribution in [2.45, 2.75) is 39.5 Å². The highest BCUT2D eigenvalue weighted by Crippen LogP contribution is 2.50. The molecule has 1 aliphatic heterocycles. The molecule has 2 heteroatoms. The molecular weight excluding hydrogens is 186 g/mol. The van der Waals surface area contributed by atoms with Crippen molar-refractivity contribution < 1.29 is 4.74 Å². The Morgan fingerprint density at radius 2 is 1.93 bits per heavy atom. The number of ether oxygens (including phenoxy) is 1. The van der Waals surface area contributed by atoms with E-state index >= 15 is 0 Å². The standard InChI is InChI=1S/C13H25NO/c1-11(2)9-14-10-13(12-3-4-12)5-7-15-8-6-13/h11-12,14H,3-10H2,1-2H3. The van der Waals surface area contributed by atoms with Gasteiger partial charge in [-0.15, -0.1) is 0 Å². The molecule has 0 atom stereocenters. The minimum atomic E-state index is 0.590. The first-order valence-corrected chi connectivity index (χ1v) is 6.51. The Balaban J connectivity index is 1.82. The van der Waals surface area contributed by atoms with Crippen LogP contribution in [0.3, 0.4) is 0 Å². The van der Waals surface area contributed by atoms with Gasteiger partial charge in [-0.25, -0.2) is 0 Å². The topological polar surface area (TPSA) is 21.3 Å². The van der Waals surface area contributed by atoms with E-state index in [4.69, 9.17) is 4.74 Å². The van der Waals surface area contributed by atoms with E-state index in [1.54, 1.807) is 0 Å². The van der Waals surface area contributed by atoms with Crippen LogP contribution < -0.4 is 5.32 Å². The van der Waals surface area contributed by atoms with E-state index in [0.29, 0.717) is 5.41 Å². The minimum Gasteiger partial charge on any atom is -0.381 e. The number of rotatable bonds is 5. The zero-order chi connectivity index (χ0) is 10.7. The molecule has 1 aliphatic carbocycles. The Labute approximate surface area is 93.8 Å². The van der Waals surface area contributed by atoms with Crippen LogP contribution in [0.15, 0.2) is 0 Å². The fourth-order valence-corrected chi connectivity index (χ4v) is 2.81. The summed E-state index contributed by atoms with van der Waals surface area (Å²) in [6.45, 7) is 8.91. The van der Waals surface area contributed by atoms with Gasteiger partial charge in [0.2, 0.25) is 0 Å². The predicted octanol–water partition coefficient (Wildman–Crippen LogP) is 2.44. The van der Waals surface area contributed by atoms with Gasteiger partial charge in [0.1, 0.15) is 0 Å². The number of hydrogen-bond acceptors (Lipinski definition) is 2. The molecule has 15 heavy (non-hydrogen) atoms. The Hall–Kier alpha value is -0.0800. The second kappa shape index (κ2) is 4.84. The van der Waals surface area contributed by atoms with Crippen LogP contribution >= 0.6 is 0 Å². The van der Waals surface area contributed by atoms with E-state index in [1.165, 1.54) is 32.2 Å². The van der Waals surface area contributed by atoms with Crippen molar-refractivity contribution in [1.29, 1.82) is 0 Å². The molecule has 0 aromatic heterocycles. The zero-order valence-electron chi connectivity index (χ0n) is 10.2. The third kappa shape index (κ3) is 2.94. The van der Waals surface area contributed by atoms with Crippen molar-refractivity contribution in [3.8, 4) is 0 Å². The van der Waals surface area contributed by atoms with Crippen LogP contribution in [0.4, 0.5) is 0 Å². The molecule has 2 fully saturated rings. The largest absolute Gasteiger partial charge is 0.381 e. The van der Waals surface area contributed by atoms with E-state index in [-0.39, 0.29) is 0 Å². The second-order valence-electron chi connectivity index (χ2n) is 5.77. The smallest absolute Gasteiger partial charge is 0.0471 e. The van der Waals surface area contributed by atoms with Gasteiger partial charge < -0.3 is 10.1 Å². The Morgan fingerprint density at radius 3 is 2.47 bits per heavy atom. The first kappa shape index (κ1) is 11.4. The molecule has 0 bridgehead atoms. The van der Waals surface area contributed by atoms with Gasteiger partial charge in [0, 0.05) is 19.8 Å². The lowest BCUT2D eigenvalue weighted by atomic mass is 9.75. The minimum absolute atomic E-state index is 0.590. The molecule has 2 aliphatic rings. The van der Waals surface area contributed by atoms with Crippen LogP contribution in [0.25, 0.3) is 0 Å². The van der Waals surface area contributed by atoms with Crippen LogP contribution in [0.5, 0.6) is 0 Å². The summed E-state index contributed by atoms with van der Waals surface area (Å²) in [6, 6.07) is 0. The first-order chi connectivity index (χ1) is 7.23. The maximum absolute atomic E-state index is 5.50. The van der Waals surface area contributed by atoms with Gasteiger partial charge in [0.15, 0.2) is 0 Å². The molecule has 0 amide bonds. The molecule has 0 unspecified atom stereocenters. The molecule has 0 aromatic rings. The van der Waals surface area contributed by atoms with Crippen molar-refractivity contribution in [2.75, 3.05) is 26.3 Å². The highest BCUT2D eigenvalue weighted by Gasteiger charge is 2.45. The summed E-state index contributed by atoms with van der Waals surface area (Å²) in [7, 11) is 0. The van der Waals surface area contributed by atoms with Crippen LogP contribution in [0, 0.1) is 17.3 Å². The number of nitrogens with one attached hydrogen (secondary N) is 1. The van der Waals surface area contributed by atoms with Gasteiger partial charge in [0.25, 0.3) is 0 Å². The highest BCUT2D eigenvalue weighted by molar-refractivity contribution is 4.96. The van der Waals surface area contributed by atoms with Gasteiger partial charge in [-0.2, -0.15) is 0 Å². The molecule has 1 heterocycles. The molecule has 88 valence electrons. The van der Waals surface area contributed by atoms with Crippen molar-refractivity contribution in [3.63, 3.8) is 0 Å². The normalized spacial score (nSPS) is 25.8. The highest BCUT2D eigenvalue weighted by atomic mass is 16.5. The SMILES string of the molecule is CC(C)CNCC1(C2CC2)CCOCC1. The third-order valence-electron chi connectivity index (χ3n) is 3.96. The molecule has 2 rings (SSSR count). The molecule has 0 spiro atoms. The zero-order valence-corrected chi connectivity index (χ0v) is 10.2. The maximum atomic E-state index is 5.50. The monoisotopic (exact) mass is 211 g/mol. The van der Waals surface area contributed by atoms with Crippen molar-refractivity contribution in [1.82, 2.24) is 5.32 Å². The van der Waals surface area contributed by atoms with Crippen molar-refractivity contribution in [3.05, 3.63) is 0 Å². The summed E-state index contributed by atoms with van der Waals surface area (Å²) in [4.78, 5) is 0. The molecule has 1 N–H and O–H groups in total. The predicted molar refractivity (Wildman–Crippen MR) is 62.9 cm³/mol. The molecule has 0 radical (unpaired) electrons. The van der Waals surface area contributed by atoms with E-state index < -0.39 is 0 Å². The van der Waals surface area contributed by atoms with E-state index in [0.717, 1.165) is 31.6 Å². The van der Waals surface area contributed by atoms with Gasteiger partial charge >= 0.3 is 0 Å². The van der Waals surface area contributed by atoms with E-state index in [9.17, 15) is 0 Å². The van der Waals surface area contributed by atoms with Crippen molar-refractivity contribution in [2.24, 2.45) is 17.3 Å². The van der Waals surface area contributed by atoms with E-state index in [2.05, 4.69) is 19.2 Å². The lowest BCUT2D eigenvalue weighted by Gasteiger charge is -2.38. The summed E-state index contributed by atoms with van der Waals surface area (Å²) in [6.07, 6.45) is 5.48.